The minimum absolute atomic E-state index is 0.584. The quantitative estimate of drug-likeness (QED) is 0.811. The average molecular weight is 210 g/mol. The molecule has 0 bridgehead atoms. The maximum Gasteiger partial charge on any atom is 0.0974 e. The zero-order valence-electron chi connectivity index (χ0n) is 9.08. The lowest BCUT2D eigenvalue weighted by molar-refractivity contribution is 0.573. The van der Waals surface area contributed by atoms with Crippen LogP contribution in [0.5, 0.6) is 0 Å². The molecule has 1 aromatic heterocycles. The predicted octanol–water partition coefficient (Wildman–Crippen LogP) is 2.56. The third kappa shape index (κ3) is 1.84. The molecule has 2 rings (SSSR count). The van der Waals surface area contributed by atoms with E-state index in [1.165, 1.54) is 16.3 Å². The largest absolute Gasteiger partial charge is 0.311 e. The molecule has 3 heteroatoms. The SMILES string of the molecule is CCc1cnc(C2CC(C)NC2C)s1. The van der Waals surface area contributed by atoms with Crippen molar-refractivity contribution in [1.82, 2.24) is 10.3 Å². The Hall–Kier alpha value is -0.410. The number of aromatic nitrogens is 1. The van der Waals surface area contributed by atoms with Crippen molar-refractivity contribution in [2.75, 3.05) is 0 Å². The first kappa shape index (κ1) is 10.1. The highest BCUT2D eigenvalue weighted by Gasteiger charge is 2.31. The van der Waals surface area contributed by atoms with Crippen molar-refractivity contribution in [2.45, 2.75) is 51.6 Å². The fourth-order valence-electron chi connectivity index (χ4n) is 2.19. The number of nitrogens with one attached hydrogen (secondary N) is 1. The summed E-state index contributed by atoms with van der Waals surface area (Å²) in [6.07, 6.45) is 4.38. The monoisotopic (exact) mass is 210 g/mol. The molecule has 3 unspecified atom stereocenters. The van der Waals surface area contributed by atoms with Crippen LogP contribution in [0.15, 0.2) is 6.20 Å². The number of aryl methyl sites for hydroxylation is 1. The highest BCUT2D eigenvalue weighted by atomic mass is 32.1. The van der Waals surface area contributed by atoms with Crippen molar-refractivity contribution in [3.05, 3.63) is 16.1 Å². The van der Waals surface area contributed by atoms with Gasteiger partial charge in [0.25, 0.3) is 0 Å². The average Bonchev–Trinajstić information content (AvgIpc) is 2.71. The first-order chi connectivity index (χ1) is 6.70. The summed E-state index contributed by atoms with van der Waals surface area (Å²) in [5.74, 6) is 0.635. The van der Waals surface area contributed by atoms with E-state index in [1.54, 1.807) is 0 Å². The number of hydrogen-bond donors (Lipinski definition) is 1. The summed E-state index contributed by atoms with van der Waals surface area (Å²) in [5.41, 5.74) is 0. The van der Waals surface area contributed by atoms with Crippen LogP contribution in [0.3, 0.4) is 0 Å². The van der Waals surface area contributed by atoms with Crippen molar-refractivity contribution < 1.29 is 0 Å². The summed E-state index contributed by atoms with van der Waals surface area (Å²) in [5, 5.41) is 4.88. The van der Waals surface area contributed by atoms with Gasteiger partial charge in [0.2, 0.25) is 0 Å². The lowest BCUT2D eigenvalue weighted by atomic mass is 10.0. The highest BCUT2D eigenvalue weighted by molar-refractivity contribution is 7.11. The molecule has 78 valence electrons. The molecule has 1 saturated heterocycles. The summed E-state index contributed by atoms with van der Waals surface area (Å²) in [6, 6.07) is 1.23. The molecule has 0 radical (unpaired) electrons. The van der Waals surface area contributed by atoms with Gasteiger partial charge in [0.05, 0.1) is 5.01 Å². The van der Waals surface area contributed by atoms with Gasteiger partial charge in [-0.3, -0.25) is 0 Å². The van der Waals surface area contributed by atoms with Crippen LogP contribution < -0.4 is 5.32 Å². The standard InChI is InChI=1S/C11H18N2S/c1-4-9-6-12-11(14-9)10-5-7(2)13-8(10)3/h6-8,10,13H,4-5H2,1-3H3. The van der Waals surface area contributed by atoms with Gasteiger partial charge in [0, 0.05) is 29.1 Å². The lowest BCUT2D eigenvalue weighted by Gasteiger charge is -2.10. The highest BCUT2D eigenvalue weighted by Crippen LogP contribution is 2.33. The van der Waals surface area contributed by atoms with Crippen LogP contribution in [0.4, 0.5) is 0 Å². The molecule has 0 amide bonds. The maximum atomic E-state index is 4.53. The Bertz CT molecular complexity index is 308. The molecule has 0 saturated carbocycles. The van der Waals surface area contributed by atoms with Crippen LogP contribution in [0, 0.1) is 0 Å². The van der Waals surface area contributed by atoms with Gasteiger partial charge in [-0.1, -0.05) is 6.92 Å². The van der Waals surface area contributed by atoms with Gasteiger partial charge >= 0.3 is 0 Å². The fraction of sp³-hybridized carbons (Fsp3) is 0.727. The van der Waals surface area contributed by atoms with Crippen LogP contribution in [-0.2, 0) is 6.42 Å². The number of nitrogens with zero attached hydrogens (tertiary/aromatic N) is 1. The normalized spacial score (nSPS) is 32.4. The number of thiazole rings is 1. The molecule has 1 fully saturated rings. The van der Waals surface area contributed by atoms with E-state index in [0.29, 0.717) is 18.0 Å². The van der Waals surface area contributed by atoms with Crippen molar-refractivity contribution >= 4 is 11.3 Å². The molecule has 3 atom stereocenters. The smallest absolute Gasteiger partial charge is 0.0974 e. The Labute approximate surface area is 89.8 Å². The van der Waals surface area contributed by atoms with E-state index in [4.69, 9.17) is 0 Å². The van der Waals surface area contributed by atoms with Gasteiger partial charge in [-0.25, -0.2) is 4.98 Å². The van der Waals surface area contributed by atoms with Gasteiger partial charge in [-0.05, 0) is 26.7 Å². The molecule has 0 aliphatic carbocycles. The molecule has 1 aliphatic heterocycles. The zero-order chi connectivity index (χ0) is 10.1. The van der Waals surface area contributed by atoms with Gasteiger partial charge in [-0.2, -0.15) is 0 Å². The van der Waals surface area contributed by atoms with Gasteiger partial charge in [0.15, 0.2) is 0 Å². The maximum absolute atomic E-state index is 4.53. The first-order valence-electron chi connectivity index (χ1n) is 5.41. The van der Waals surface area contributed by atoms with Crippen LogP contribution >= 0.6 is 11.3 Å². The molecule has 1 aromatic rings. The topological polar surface area (TPSA) is 24.9 Å². The molecule has 2 heterocycles. The van der Waals surface area contributed by atoms with Crippen LogP contribution in [0.2, 0.25) is 0 Å². The summed E-state index contributed by atoms with van der Waals surface area (Å²) >= 11 is 1.88. The molecule has 0 aromatic carbocycles. The van der Waals surface area contributed by atoms with Crippen molar-refractivity contribution in [1.29, 1.82) is 0 Å². The molecule has 14 heavy (non-hydrogen) atoms. The second-order valence-electron chi connectivity index (χ2n) is 4.22. The second-order valence-corrected chi connectivity index (χ2v) is 5.36. The van der Waals surface area contributed by atoms with Crippen molar-refractivity contribution in [3.8, 4) is 0 Å². The van der Waals surface area contributed by atoms with E-state index in [1.807, 2.05) is 17.5 Å². The van der Waals surface area contributed by atoms with Crippen LogP contribution in [0.25, 0.3) is 0 Å². The second kappa shape index (κ2) is 3.99. The van der Waals surface area contributed by atoms with E-state index in [9.17, 15) is 0 Å². The number of hydrogen-bond acceptors (Lipinski definition) is 3. The Balaban J connectivity index is 2.14. The minimum Gasteiger partial charge on any atom is -0.311 e. The van der Waals surface area contributed by atoms with Gasteiger partial charge in [0.1, 0.15) is 0 Å². The van der Waals surface area contributed by atoms with E-state index >= 15 is 0 Å². The molecule has 1 aliphatic rings. The van der Waals surface area contributed by atoms with Crippen molar-refractivity contribution in [2.24, 2.45) is 0 Å². The van der Waals surface area contributed by atoms with Crippen molar-refractivity contribution in [3.63, 3.8) is 0 Å². The third-order valence-corrected chi connectivity index (χ3v) is 4.27. The van der Waals surface area contributed by atoms with Crippen LogP contribution in [-0.4, -0.2) is 17.1 Å². The Kier molecular flexibility index (Phi) is 2.88. The summed E-state index contributed by atoms with van der Waals surface area (Å²) < 4.78 is 0. The minimum atomic E-state index is 0.584. The molecular weight excluding hydrogens is 192 g/mol. The summed E-state index contributed by atoms with van der Waals surface area (Å²) in [4.78, 5) is 5.94. The van der Waals surface area contributed by atoms with Crippen LogP contribution in [0.1, 0.15) is 43.0 Å². The molecule has 1 N–H and O–H groups in total. The zero-order valence-corrected chi connectivity index (χ0v) is 9.90. The van der Waals surface area contributed by atoms with E-state index in [2.05, 4.69) is 31.1 Å². The Morgan fingerprint density at radius 1 is 1.57 bits per heavy atom. The van der Waals surface area contributed by atoms with E-state index in [0.717, 1.165) is 6.42 Å². The van der Waals surface area contributed by atoms with Gasteiger partial charge in [-0.15, -0.1) is 11.3 Å². The summed E-state index contributed by atoms with van der Waals surface area (Å²) in [6.45, 7) is 6.71. The fourth-order valence-corrected chi connectivity index (χ4v) is 3.27. The Morgan fingerprint density at radius 3 is 2.86 bits per heavy atom. The number of rotatable bonds is 2. The molecule has 2 nitrogen and oxygen atoms in total. The first-order valence-corrected chi connectivity index (χ1v) is 6.23. The van der Waals surface area contributed by atoms with Gasteiger partial charge < -0.3 is 5.32 Å². The van der Waals surface area contributed by atoms with E-state index in [-0.39, 0.29) is 0 Å². The third-order valence-electron chi connectivity index (χ3n) is 3.00. The molecular formula is C11H18N2S. The summed E-state index contributed by atoms with van der Waals surface area (Å²) in [7, 11) is 0. The lowest BCUT2D eigenvalue weighted by Crippen LogP contribution is -2.26. The van der Waals surface area contributed by atoms with E-state index < -0.39 is 0 Å². The Morgan fingerprint density at radius 2 is 2.36 bits per heavy atom. The predicted molar refractivity (Wildman–Crippen MR) is 60.9 cm³/mol. The molecule has 0 spiro atoms.